The van der Waals surface area contributed by atoms with Crippen LogP contribution in [0.3, 0.4) is 0 Å². The van der Waals surface area contributed by atoms with Gasteiger partial charge in [0.05, 0.1) is 11.4 Å². The highest BCUT2D eigenvalue weighted by molar-refractivity contribution is 5.64. The van der Waals surface area contributed by atoms with Crippen LogP contribution in [0.2, 0.25) is 0 Å². The second kappa shape index (κ2) is 10.0. The van der Waals surface area contributed by atoms with Gasteiger partial charge in [-0.2, -0.15) is 0 Å². The fourth-order valence-corrected chi connectivity index (χ4v) is 4.30. The predicted molar refractivity (Wildman–Crippen MR) is 132 cm³/mol. The third kappa shape index (κ3) is 5.61. The van der Waals surface area contributed by atoms with Crippen molar-refractivity contribution in [2.75, 3.05) is 24.5 Å². The second-order valence-corrected chi connectivity index (χ2v) is 8.58. The molecule has 1 fully saturated rings. The van der Waals surface area contributed by atoms with Crippen LogP contribution in [0, 0.1) is 0 Å². The zero-order valence-corrected chi connectivity index (χ0v) is 19.8. The van der Waals surface area contributed by atoms with Crippen LogP contribution in [0.25, 0.3) is 22.5 Å². The summed E-state index contributed by atoms with van der Waals surface area (Å²) in [7, 11) is 1.70. The Morgan fingerprint density at radius 1 is 1.00 bits per heavy atom. The Bertz CT molecular complexity index is 1420. The molecule has 2 aromatic carbocycles. The average molecular weight is 509 g/mol. The van der Waals surface area contributed by atoms with Crippen molar-refractivity contribution in [3.05, 3.63) is 89.1 Å². The number of rotatable bonds is 5. The monoisotopic (exact) mass is 508 g/mol. The number of aromatic nitrogens is 4. The number of hydrogen-bond donors (Lipinski definition) is 1. The second-order valence-electron chi connectivity index (χ2n) is 8.58. The molecule has 0 bridgehead atoms. The molecule has 1 N–H and O–H groups in total. The number of nitrogens with zero attached hydrogens (tertiary/aromatic N) is 5. The molecule has 190 valence electrons. The summed E-state index contributed by atoms with van der Waals surface area (Å²) in [6.07, 6.45) is -1.69. The molecule has 0 unspecified atom stereocenters. The van der Waals surface area contributed by atoms with E-state index in [9.17, 15) is 18.0 Å². The van der Waals surface area contributed by atoms with Crippen LogP contribution >= 0.6 is 0 Å². The topological polar surface area (TPSA) is 85.2 Å². The van der Waals surface area contributed by atoms with Crippen molar-refractivity contribution in [3.8, 4) is 28.3 Å². The molecule has 1 aliphatic rings. The van der Waals surface area contributed by atoms with Gasteiger partial charge < -0.3 is 15.0 Å². The summed E-state index contributed by atoms with van der Waals surface area (Å²) in [5.74, 6) is 0.302. The molecule has 5 rings (SSSR count). The van der Waals surface area contributed by atoms with Gasteiger partial charge in [0.2, 0.25) is 5.95 Å². The lowest BCUT2D eigenvalue weighted by atomic mass is 9.99. The molecule has 8 nitrogen and oxygen atoms in total. The standard InChI is InChI=1S/C26H23F3N6O2/c1-34-24(36)14-22(21-10-11-30-16-32-21)33-25(34)35-13-12-31-23(15-35)19-4-2-17(3-5-19)18-6-8-20(9-7-18)37-26(27,28)29/h2-11,14,16,23,31H,12-13,15H2,1H3/t23-/m1/s1. The van der Waals surface area contributed by atoms with E-state index in [2.05, 4.69) is 24.9 Å². The number of benzene rings is 2. The highest BCUT2D eigenvalue weighted by atomic mass is 19.4. The van der Waals surface area contributed by atoms with E-state index in [1.807, 2.05) is 24.3 Å². The maximum absolute atomic E-state index is 12.7. The van der Waals surface area contributed by atoms with Gasteiger partial charge in [0.1, 0.15) is 12.1 Å². The summed E-state index contributed by atoms with van der Waals surface area (Å²) >= 11 is 0. The van der Waals surface area contributed by atoms with Gasteiger partial charge in [0.25, 0.3) is 5.56 Å². The Hall–Kier alpha value is -4.25. The lowest BCUT2D eigenvalue weighted by Gasteiger charge is -2.35. The van der Waals surface area contributed by atoms with E-state index < -0.39 is 6.36 Å². The predicted octanol–water partition coefficient (Wildman–Crippen LogP) is 3.95. The van der Waals surface area contributed by atoms with Gasteiger partial charge in [-0.1, -0.05) is 36.4 Å². The Balaban J connectivity index is 1.33. The molecular formula is C26H23F3N6O2. The van der Waals surface area contributed by atoms with Crippen molar-refractivity contribution in [3.63, 3.8) is 0 Å². The minimum absolute atomic E-state index is 0.00929. The van der Waals surface area contributed by atoms with Crippen LogP contribution in [0.5, 0.6) is 5.75 Å². The van der Waals surface area contributed by atoms with E-state index in [4.69, 9.17) is 4.98 Å². The quantitative estimate of drug-likeness (QED) is 0.437. The van der Waals surface area contributed by atoms with Crippen LogP contribution in [0.15, 0.2) is 78.0 Å². The minimum atomic E-state index is -4.72. The van der Waals surface area contributed by atoms with E-state index in [-0.39, 0.29) is 17.4 Å². The van der Waals surface area contributed by atoms with Gasteiger partial charge >= 0.3 is 6.36 Å². The SMILES string of the molecule is Cn1c(N2CCN[C@@H](c3ccc(-c4ccc(OC(F)(F)F)cc4)cc3)C2)nc(-c2ccncn2)cc1=O. The van der Waals surface area contributed by atoms with Crippen molar-refractivity contribution >= 4 is 5.95 Å². The van der Waals surface area contributed by atoms with Crippen LogP contribution < -0.4 is 20.5 Å². The lowest BCUT2D eigenvalue weighted by Crippen LogP contribution is -2.47. The van der Waals surface area contributed by atoms with E-state index >= 15 is 0 Å². The first-order valence-corrected chi connectivity index (χ1v) is 11.6. The van der Waals surface area contributed by atoms with Gasteiger partial charge in [-0.25, -0.2) is 15.0 Å². The summed E-state index contributed by atoms with van der Waals surface area (Å²) < 4.78 is 42.7. The first kappa shape index (κ1) is 24.4. The molecule has 0 spiro atoms. The Morgan fingerprint density at radius 2 is 1.70 bits per heavy atom. The van der Waals surface area contributed by atoms with Crippen LogP contribution in [-0.4, -0.2) is 45.5 Å². The van der Waals surface area contributed by atoms with Gasteiger partial charge in [-0.05, 0) is 34.9 Å². The first-order chi connectivity index (χ1) is 17.8. The number of hydrogen-bond acceptors (Lipinski definition) is 7. The largest absolute Gasteiger partial charge is 0.573 e. The smallest absolute Gasteiger partial charge is 0.406 e. The van der Waals surface area contributed by atoms with Crippen molar-refractivity contribution in [2.24, 2.45) is 7.05 Å². The van der Waals surface area contributed by atoms with Crippen molar-refractivity contribution in [1.82, 2.24) is 24.8 Å². The van der Waals surface area contributed by atoms with E-state index in [0.29, 0.717) is 37.0 Å². The molecule has 1 aliphatic heterocycles. The minimum Gasteiger partial charge on any atom is -0.406 e. The molecule has 0 saturated carbocycles. The Morgan fingerprint density at radius 3 is 2.35 bits per heavy atom. The molecule has 37 heavy (non-hydrogen) atoms. The summed E-state index contributed by atoms with van der Waals surface area (Å²) in [4.78, 5) is 27.6. The maximum Gasteiger partial charge on any atom is 0.573 e. The zero-order chi connectivity index (χ0) is 26.0. The third-order valence-corrected chi connectivity index (χ3v) is 6.15. The van der Waals surface area contributed by atoms with E-state index in [1.165, 1.54) is 29.1 Å². The maximum atomic E-state index is 12.7. The summed E-state index contributed by atoms with van der Waals surface area (Å²) in [5.41, 5.74) is 3.59. The van der Waals surface area contributed by atoms with Gasteiger partial charge in [-0.15, -0.1) is 13.2 Å². The Labute approximate surface area is 210 Å². The fourth-order valence-electron chi connectivity index (χ4n) is 4.30. The number of piperazine rings is 1. The molecule has 1 saturated heterocycles. The van der Waals surface area contributed by atoms with Crippen LogP contribution in [-0.2, 0) is 7.05 Å². The van der Waals surface area contributed by atoms with Gasteiger partial charge in [0.15, 0.2) is 0 Å². The summed E-state index contributed by atoms with van der Waals surface area (Å²) in [6.45, 7) is 1.96. The first-order valence-electron chi connectivity index (χ1n) is 11.6. The average Bonchev–Trinajstić information content (AvgIpc) is 2.90. The summed E-state index contributed by atoms with van der Waals surface area (Å²) in [5, 5.41) is 3.50. The van der Waals surface area contributed by atoms with Crippen LogP contribution in [0.4, 0.5) is 19.1 Å². The number of anilines is 1. The number of ether oxygens (including phenoxy) is 1. The van der Waals surface area contributed by atoms with Crippen LogP contribution in [0.1, 0.15) is 11.6 Å². The summed E-state index contributed by atoms with van der Waals surface area (Å²) in [6, 6.07) is 16.8. The number of alkyl halides is 3. The third-order valence-electron chi connectivity index (χ3n) is 6.15. The Kier molecular flexibility index (Phi) is 6.62. The molecule has 3 heterocycles. The molecule has 1 atom stereocenters. The molecular weight excluding hydrogens is 485 g/mol. The fraction of sp³-hybridized carbons (Fsp3) is 0.231. The van der Waals surface area contributed by atoms with E-state index in [1.54, 1.807) is 31.4 Å². The zero-order valence-electron chi connectivity index (χ0n) is 19.8. The molecule has 0 radical (unpaired) electrons. The van der Waals surface area contributed by atoms with Crippen molar-refractivity contribution < 1.29 is 17.9 Å². The van der Waals surface area contributed by atoms with E-state index in [0.717, 1.165) is 16.7 Å². The molecule has 2 aromatic heterocycles. The molecule has 0 amide bonds. The van der Waals surface area contributed by atoms with Gasteiger partial charge in [0, 0.05) is 45.0 Å². The number of halogens is 3. The van der Waals surface area contributed by atoms with Gasteiger partial charge in [-0.3, -0.25) is 9.36 Å². The normalized spacial score (nSPS) is 16.0. The highest BCUT2D eigenvalue weighted by Gasteiger charge is 2.31. The molecule has 4 aromatic rings. The molecule has 11 heteroatoms. The van der Waals surface area contributed by atoms with Crippen molar-refractivity contribution in [1.29, 1.82) is 0 Å². The molecule has 0 aliphatic carbocycles. The van der Waals surface area contributed by atoms with Crippen molar-refractivity contribution in [2.45, 2.75) is 12.4 Å². The highest BCUT2D eigenvalue weighted by Crippen LogP contribution is 2.28. The lowest BCUT2D eigenvalue weighted by molar-refractivity contribution is -0.274. The number of nitrogens with one attached hydrogen (secondary N) is 1.